The van der Waals surface area contributed by atoms with Gasteiger partial charge in [-0.2, -0.15) is 5.26 Å². The summed E-state index contributed by atoms with van der Waals surface area (Å²) in [7, 11) is 0. The average molecular weight is 187 g/mol. The number of hydrogen-bond donors (Lipinski definition) is 2. The van der Waals surface area contributed by atoms with E-state index in [1.54, 1.807) is 0 Å². The third-order valence-electron chi connectivity index (χ3n) is 2.66. The van der Waals surface area contributed by atoms with Crippen LogP contribution in [0, 0.1) is 11.3 Å². The lowest BCUT2D eigenvalue weighted by Gasteiger charge is -2.11. The van der Waals surface area contributed by atoms with Crippen LogP contribution in [0.1, 0.15) is 30.0 Å². The molecule has 0 spiro atoms. The Balaban J connectivity index is 2.31. The van der Waals surface area contributed by atoms with Crippen LogP contribution in [0.3, 0.4) is 0 Å². The van der Waals surface area contributed by atoms with Crippen LogP contribution in [0.25, 0.3) is 0 Å². The molecule has 72 valence electrons. The maximum absolute atomic E-state index is 8.84. The van der Waals surface area contributed by atoms with Gasteiger partial charge in [-0.15, -0.1) is 0 Å². The van der Waals surface area contributed by atoms with Crippen molar-refractivity contribution in [1.82, 2.24) is 5.32 Å². The lowest BCUT2D eigenvalue weighted by Crippen LogP contribution is -2.13. The second kappa shape index (κ2) is 3.69. The largest absolute Gasteiger partial charge is 0.398 e. The highest BCUT2D eigenvalue weighted by Crippen LogP contribution is 2.25. The second-order valence-electron chi connectivity index (χ2n) is 3.61. The highest BCUT2D eigenvalue weighted by molar-refractivity contribution is 5.55. The Hall–Kier alpha value is -1.53. The first-order valence-electron chi connectivity index (χ1n) is 4.84. The molecule has 1 aromatic rings. The first kappa shape index (κ1) is 9.04. The summed E-state index contributed by atoms with van der Waals surface area (Å²) in [5.41, 5.74) is 7.97. The third-order valence-corrected chi connectivity index (χ3v) is 2.66. The number of nitrogen functional groups attached to an aromatic ring is 1. The molecular formula is C11H13N3. The number of nitrogens with zero attached hydrogens (tertiary/aromatic N) is 1. The lowest BCUT2D eigenvalue weighted by molar-refractivity contribution is 0.648. The fourth-order valence-electron chi connectivity index (χ4n) is 1.86. The molecule has 1 fully saturated rings. The van der Waals surface area contributed by atoms with Crippen molar-refractivity contribution in [3.05, 3.63) is 29.3 Å². The van der Waals surface area contributed by atoms with Crippen molar-refractivity contribution in [1.29, 1.82) is 5.26 Å². The fraction of sp³-hybridized carbons (Fsp3) is 0.364. The minimum atomic E-state index is 0.405. The number of rotatable bonds is 1. The zero-order chi connectivity index (χ0) is 9.97. The summed E-state index contributed by atoms with van der Waals surface area (Å²) < 4.78 is 0. The van der Waals surface area contributed by atoms with Crippen molar-refractivity contribution < 1.29 is 0 Å². The van der Waals surface area contributed by atoms with Gasteiger partial charge in [0.2, 0.25) is 0 Å². The molecule has 14 heavy (non-hydrogen) atoms. The zero-order valence-corrected chi connectivity index (χ0v) is 7.96. The van der Waals surface area contributed by atoms with Crippen molar-refractivity contribution in [3.8, 4) is 6.07 Å². The van der Waals surface area contributed by atoms with E-state index in [1.807, 2.05) is 18.2 Å². The van der Waals surface area contributed by atoms with Crippen molar-refractivity contribution in [2.45, 2.75) is 18.9 Å². The Morgan fingerprint density at radius 2 is 2.36 bits per heavy atom. The van der Waals surface area contributed by atoms with Gasteiger partial charge in [0.25, 0.3) is 0 Å². The van der Waals surface area contributed by atoms with Gasteiger partial charge >= 0.3 is 0 Å². The monoisotopic (exact) mass is 187 g/mol. The Bertz CT molecular complexity index is 373. The van der Waals surface area contributed by atoms with Gasteiger partial charge in [-0.3, -0.25) is 0 Å². The van der Waals surface area contributed by atoms with Gasteiger partial charge in [-0.05, 0) is 37.1 Å². The maximum atomic E-state index is 8.84. The van der Waals surface area contributed by atoms with Crippen LogP contribution in [0.2, 0.25) is 0 Å². The van der Waals surface area contributed by atoms with Gasteiger partial charge < -0.3 is 11.1 Å². The Labute approximate surface area is 83.5 Å². The molecule has 0 saturated carbocycles. The molecule has 0 radical (unpaired) electrons. The summed E-state index contributed by atoms with van der Waals surface area (Å²) in [6.07, 6.45) is 2.35. The van der Waals surface area contributed by atoms with Crippen molar-refractivity contribution >= 4 is 5.69 Å². The minimum absolute atomic E-state index is 0.405. The topological polar surface area (TPSA) is 61.8 Å². The number of nitriles is 1. The van der Waals surface area contributed by atoms with E-state index in [2.05, 4.69) is 11.4 Å². The van der Waals surface area contributed by atoms with Crippen LogP contribution < -0.4 is 11.1 Å². The molecule has 0 aromatic heterocycles. The van der Waals surface area contributed by atoms with E-state index in [9.17, 15) is 0 Å². The normalized spacial score (nSPS) is 20.6. The van der Waals surface area contributed by atoms with Gasteiger partial charge in [-0.1, -0.05) is 6.07 Å². The first-order chi connectivity index (χ1) is 6.81. The molecule has 2 rings (SSSR count). The maximum Gasteiger partial charge on any atom is 0.101 e. The summed E-state index contributed by atoms with van der Waals surface area (Å²) >= 11 is 0. The Morgan fingerprint density at radius 3 is 3.00 bits per heavy atom. The van der Waals surface area contributed by atoms with E-state index >= 15 is 0 Å². The van der Waals surface area contributed by atoms with E-state index in [4.69, 9.17) is 11.0 Å². The number of nitrogens with one attached hydrogen (secondary N) is 1. The molecular weight excluding hydrogens is 174 g/mol. The molecule has 0 amide bonds. The molecule has 1 saturated heterocycles. The minimum Gasteiger partial charge on any atom is -0.398 e. The van der Waals surface area contributed by atoms with Gasteiger partial charge in [-0.25, -0.2) is 0 Å². The van der Waals surface area contributed by atoms with E-state index in [-0.39, 0.29) is 0 Å². The zero-order valence-electron chi connectivity index (χ0n) is 7.96. The predicted octanol–water partition coefficient (Wildman–Crippen LogP) is 1.56. The average Bonchev–Trinajstić information content (AvgIpc) is 2.71. The number of anilines is 1. The summed E-state index contributed by atoms with van der Waals surface area (Å²) in [5, 5.41) is 12.2. The summed E-state index contributed by atoms with van der Waals surface area (Å²) in [5.74, 6) is 0. The quantitative estimate of drug-likeness (QED) is 0.656. The standard InChI is InChI=1S/C11H13N3/c12-7-9-6-8(3-4-10(9)13)11-2-1-5-14-11/h3-4,6,11,14H,1-2,5,13H2/t11-/m1/s1. The molecule has 1 atom stereocenters. The van der Waals surface area contributed by atoms with Gasteiger partial charge in [0.15, 0.2) is 0 Å². The number of hydrogen-bond acceptors (Lipinski definition) is 3. The third kappa shape index (κ3) is 1.57. The van der Waals surface area contributed by atoms with Crippen LogP contribution in [-0.4, -0.2) is 6.54 Å². The Morgan fingerprint density at radius 1 is 1.50 bits per heavy atom. The smallest absolute Gasteiger partial charge is 0.101 e. The molecule has 0 aliphatic carbocycles. The van der Waals surface area contributed by atoms with E-state index in [1.165, 1.54) is 12.0 Å². The lowest BCUT2D eigenvalue weighted by atomic mass is 10.0. The van der Waals surface area contributed by atoms with Crippen LogP contribution >= 0.6 is 0 Å². The number of nitrogens with two attached hydrogens (primary N) is 1. The van der Waals surface area contributed by atoms with E-state index in [0.717, 1.165) is 13.0 Å². The molecule has 1 aliphatic heterocycles. The molecule has 3 N–H and O–H groups in total. The van der Waals surface area contributed by atoms with Gasteiger partial charge in [0, 0.05) is 11.7 Å². The summed E-state index contributed by atoms with van der Waals surface area (Å²) in [6.45, 7) is 1.07. The molecule has 3 nitrogen and oxygen atoms in total. The first-order valence-corrected chi connectivity index (χ1v) is 4.84. The second-order valence-corrected chi connectivity index (χ2v) is 3.61. The van der Waals surface area contributed by atoms with Gasteiger partial charge in [0.1, 0.15) is 6.07 Å². The predicted molar refractivity (Wildman–Crippen MR) is 55.5 cm³/mol. The number of benzene rings is 1. The van der Waals surface area contributed by atoms with Gasteiger partial charge in [0.05, 0.1) is 5.56 Å². The van der Waals surface area contributed by atoms with Crippen molar-refractivity contribution in [2.24, 2.45) is 0 Å². The van der Waals surface area contributed by atoms with E-state index < -0.39 is 0 Å². The molecule has 3 heteroatoms. The van der Waals surface area contributed by atoms with Crippen LogP contribution in [-0.2, 0) is 0 Å². The summed E-state index contributed by atoms with van der Waals surface area (Å²) in [4.78, 5) is 0. The highest BCUT2D eigenvalue weighted by atomic mass is 14.9. The molecule has 0 bridgehead atoms. The van der Waals surface area contributed by atoms with Crippen LogP contribution in [0.15, 0.2) is 18.2 Å². The highest BCUT2D eigenvalue weighted by Gasteiger charge is 2.16. The van der Waals surface area contributed by atoms with Crippen molar-refractivity contribution in [3.63, 3.8) is 0 Å². The molecule has 0 unspecified atom stereocenters. The van der Waals surface area contributed by atoms with Crippen LogP contribution in [0.4, 0.5) is 5.69 Å². The fourth-order valence-corrected chi connectivity index (χ4v) is 1.86. The van der Waals surface area contributed by atoms with E-state index in [0.29, 0.717) is 17.3 Å². The van der Waals surface area contributed by atoms with Crippen LogP contribution in [0.5, 0.6) is 0 Å². The molecule has 1 aromatic carbocycles. The molecule has 1 aliphatic rings. The van der Waals surface area contributed by atoms with Crippen molar-refractivity contribution in [2.75, 3.05) is 12.3 Å². The Kier molecular flexibility index (Phi) is 2.38. The molecule has 1 heterocycles. The SMILES string of the molecule is N#Cc1cc([C@H]2CCCN2)ccc1N. The summed E-state index contributed by atoms with van der Waals surface area (Å²) in [6, 6.07) is 8.21.